The van der Waals surface area contributed by atoms with E-state index in [0.29, 0.717) is 5.69 Å². The molecule has 0 atom stereocenters. The molecule has 29 heavy (non-hydrogen) atoms. The highest BCUT2D eigenvalue weighted by Gasteiger charge is 2.15. The van der Waals surface area contributed by atoms with Crippen molar-refractivity contribution in [3.63, 3.8) is 0 Å². The number of methoxy groups -OCH3 is 2. The van der Waals surface area contributed by atoms with Gasteiger partial charge >= 0.3 is 17.9 Å². The average Bonchev–Trinajstić information content (AvgIpc) is 2.75. The van der Waals surface area contributed by atoms with Crippen LogP contribution in [0.2, 0.25) is 0 Å². The number of benzene rings is 1. The lowest BCUT2D eigenvalue weighted by atomic mass is 10.1. The first-order valence-electron chi connectivity index (χ1n) is 8.30. The van der Waals surface area contributed by atoms with E-state index in [9.17, 15) is 19.2 Å². The molecule has 150 valence electrons. The Morgan fingerprint density at radius 3 is 2.21 bits per heavy atom. The summed E-state index contributed by atoms with van der Waals surface area (Å²) in [5.74, 6) is -2.79. The van der Waals surface area contributed by atoms with Gasteiger partial charge in [0.05, 0.1) is 31.0 Å². The molecule has 1 heterocycles. The predicted molar refractivity (Wildman–Crippen MR) is 102 cm³/mol. The molecule has 0 aliphatic heterocycles. The first-order chi connectivity index (χ1) is 13.9. The summed E-state index contributed by atoms with van der Waals surface area (Å²) in [5, 5.41) is 2.44. The Bertz CT molecular complexity index is 905. The smallest absolute Gasteiger partial charge is 0.337 e. The Morgan fingerprint density at radius 1 is 1.00 bits per heavy atom. The minimum absolute atomic E-state index is 0.0426. The molecule has 9 nitrogen and oxygen atoms in total. The number of carbonyl (C=O) groups is 4. The number of hydrogen-bond donors (Lipinski definition) is 1. The molecule has 1 N–H and O–H groups in total. The number of rotatable bonds is 7. The van der Waals surface area contributed by atoms with Crippen LogP contribution in [-0.2, 0) is 23.8 Å². The second-order valence-corrected chi connectivity index (χ2v) is 5.53. The fourth-order valence-electron chi connectivity index (χ4n) is 2.18. The summed E-state index contributed by atoms with van der Waals surface area (Å²) in [6.07, 6.45) is 4.16. The molecule has 2 aromatic rings. The molecular formula is C20H18N2O7. The summed E-state index contributed by atoms with van der Waals surface area (Å²) in [6, 6.07) is 9.11. The van der Waals surface area contributed by atoms with Crippen LogP contribution in [0.4, 0.5) is 5.69 Å². The summed E-state index contributed by atoms with van der Waals surface area (Å²) in [5.41, 5.74) is 0.782. The minimum atomic E-state index is -0.732. The lowest BCUT2D eigenvalue weighted by Crippen LogP contribution is -2.20. The van der Waals surface area contributed by atoms with E-state index in [4.69, 9.17) is 4.74 Å². The van der Waals surface area contributed by atoms with Crippen LogP contribution in [0, 0.1) is 0 Å². The van der Waals surface area contributed by atoms with Gasteiger partial charge in [-0.15, -0.1) is 0 Å². The zero-order chi connectivity index (χ0) is 21.2. The van der Waals surface area contributed by atoms with E-state index in [1.54, 1.807) is 24.4 Å². The van der Waals surface area contributed by atoms with Crippen molar-refractivity contribution in [1.82, 2.24) is 4.98 Å². The van der Waals surface area contributed by atoms with Crippen LogP contribution in [0.5, 0.6) is 0 Å². The number of anilines is 1. The average molecular weight is 398 g/mol. The van der Waals surface area contributed by atoms with Crippen molar-refractivity contribution in [3.8, 4) is 0 Å². The minimum Gasteiger partial charge on any atom is -0.465 e. The number of esters is 3. The lowest BCUT2D eigenvalue weighted by Gasteiger charge is -2.09. The van der Waals surface area contributed by atoms with Gasteiger partial charge in [-0.2, -0.15) is 0 Å². The number of hydrogen-bond acceptors (Lipinski definition) is 8. The fraction of sp³-hybridized carbons (Fsp3) is 0.150. The third-order valence-corrected chi connectivity index (χ3v) is 3.48. The van der Waals surface area contributed by atoms with Gasteiger partial charge in [-0.05, 0) is 36.4 Å². The first kappa shape index (κ1) is 21.3. The molecule has 1 aromatic carbocycles. The molecule has 1 aromatic heterocycles. The normalized spacial score (nSPS) is 10.3. The highest BCUT2D eigenvalue weighted by Crippen LogP contribution is 2.17. The maximum Gasteiger partial charge on any atom is 0.337 e. The van der Waals surface area contributed by atoms with Crippen molar-refractivity contribution in [2.75, 3.05) is 26.1 Å². The van der Waals surface area contributed by atoms with Crippen molar-refractivity contribution in [2.24, 2.45) is 0 Å². The van der Waals surface area contributed by atoms with Gasteiger partial charge in [0.15, 0.2) is 6.61 Å². The zero-order valence-electron chi connectivity index (χ0n) is 15.7. The number of pyridine rings is 1. The molecule has 0 radical (unpaired) electrons. The van der Waals surface area contributed by atoms with Crippen LogP contribution in [0.1, 0.15) is 26.4 Å². The Labute approximate surface area is 166 Å². The topological polar surface area (TPSA) is 121 Å². The van der Waals surface area contributed by atoms with Crippen molar-refractivity contribution >= 4 is 35.6 Å². The zero-order valence-corrected chi connectivity index (χ0v) is 15.7. The number of aromatic nitrogens is 1. The van der Waals surface area contributed by atoms with E-state index < -0.39 is 30.4 Å². The molecule has 0 bridgehead atoms. The number of amides is 1. The second kappa shape index (κ2) is 10.4. The highest BCUT2D eigenvalue weighted by atomic mass is 16.5. The number of nitrogens with one attached hydrogen (secondary N) is 1. The van der Waals surface area contributed by atoms with Crippen LogP contribution >= 0.6 is 0 Å². The summed E-state index contributed by atoms with van der Waals surface area (Å²) < 4.78 is 14.1. The summed E-state index contributed by atoms with van der Waals surface area (Å²) in [4.78, 5) is 51.2. The van der Waals surface area contributed by atoms with Crippen LogP contribution in [0.15, 0.2) is 48.7 Å². The molecule has 1 amide bonds. The van der Waals surface area contributed by atoms with Crippen molar-refractivity contribution in [1.29, 1.82) is 0 Å². The molecule has 0 aliphatic carbocycles. The van der Waals surface area contributed by atoms with E-state index in [-0.39, 0.29) is 16.8 Å². The van der Waals surface area contributed by atoms with Gasteiger partial charge in [-0.1, -0.05) is 6.07 Å². The van der Waals surface area contributed by atoms with Crippen LogP contribution in [-0.4, -0.2) is 49.6 Å². The van der Waals surface area contributed by atoms with Crippen molar-refractivity contribution < 1.29 is 33.4 Å². The summed E-state index contributed by atoms with van der Waals surface area (Å²) in [6.45, 7) is -0.568. The molecule has 0 fully saturated rings. The largest absolute Gasteiger partial charge is 0.465 e. The van der Waals surface area contributed by atoms with Crippen molar-refractivity contribution in [3.05, 3.63) is 65.5 Å². The maximum atomic E-state index is 12.0. The third kappa shape index (κ3) is 6.58. The van der Waals surface area contributed by atoms with Gasteiger partial charge in [0.25, 0.3) is 5.91 Å². The monoisotopic (exact) mass is 398 g/mol. The van der Waals surface area contributed by atoms with Crippen LogP contribution in [0.3, 0.4) is 0 Å². The lowest BCUT2D eigenvalue weighted by molar-refractivity contribution is -0.142. The van der Waals surface area contributed by atoms with E-state index >= 15 is 0 Å². The van der Waals surface area contributed by atoms with Gasteiger partial charge in [-0.25, -0.2) is 14.4 Å². The Balaban J connectivity index is 2.00. The third-order valence-electron chi connectivity index (χ3n) is 3.48. The standard InChI is InChI=1S/C20H18N2O7/c1-27-19(25)13-9-14(20(26)28-2)11-16(10-13)22-17(23)12-29-18(24)7-6-15-5-3-4-8-21-15/h3-11H,12H2,1-2H3,(H,22,23). The number of carbonyl (C=O) groups excluding carboxylic acids is 4. The highest BCUT2D eigenvalue weighted by molar-refractivity contribution is 6.00. The fourth-order valence-corrected chi connectivity index (χ4v) is 2.18. The second-order valence-electron chi connectivity index (χ2n) is 5.53. The van der Waals surface area contributed by atoms with Crippen molar-refractivity contribution in [2.45, 2.75) is 0 Å². The Morgan fingerprint density at radius 2 is 1.66 bits per heavy atom. The molecule has 0 spiro atoms. The number of nitrogens with zero attached hydrogens (tertiary/aromatic N) is 1. The summed E-state index contributed by atoms with van der Waals surface area (Å²) >= 11 is 0. The Hall–Kier alpha value is -4.01. The molecule has 0 saturated carbocycles. The van der Waals surface area contributed by atoms with E-state index in [0.717, 1.165) is 6.08 Å². The van der Waals surface area contributed by atoms with Gasteiger partial charge < -0.3 is 19.5 Å². The van der Waals surface area contributed by atoms with Gasteiger partial charge in [0.2, 0.25) is 0 Å². The van der Waals surface area contributed by atoms with Gasteiger partial charge in [0.1, 0.15) is 0 Å². The SMILES string of the molecule is COC(=O)c1cc(NC(=O)COC(=O)C=Cc2ccccn2)cc(C(=O)OC)c1. The number of ether oxygens (including phenoxy) is 3. The quantitative estimate of drug-likeness (QED) is 0.426. The maximum absolute atomic E-state index is 12.0. The van der Waals surface area contributed by atoms with Crippen LogP contribution in [0.25, 0.3) is 6.08 Å². The van der Waals surface area contributed by atoms with Crippen LogP contribution < -0.4 is 5.32 Å². The molecule has 2 rings (SSSR count). The van der Waals surface area contributed by atoms with Gasteiger partial charge in [0, 0.05) is 18.0 Å². The molecule has 0 saturated heterocycles. The molecular weight excluding hydrogens is 380 g/mol. The predicted octanol–water partition coefficient (Wildman–Crippen LogP) is 1.85. The van der Waals surface area contributed by atoms with E-state index in [1.807, 2.05) is 0 Å². The molecule has 0 unspecified atom stereocenters. The van der Waals surface area contributed by atoms with E-state index in [1.165, 1.54) is 38.5 Å². The first-order valence-corrected chi connectivity index (χ1v) is 8.30. The Kier molecular flexibility index (Phi) is 7.60. The summed E-state index contributed by atoms with van der Waals surface area (Å²) in [7, 11) is 2.37. The molecule has 9 heteroatoms. The van der Waals surface area contributed by atoms with Gasteiger partial charge in [-0.3, -0.25) is 9.78 Å². The molecule has 0 aliphatic rings. The van der Waals surface area contributed by atoms with E-state index in [2.05, 4.69) is 19.8 Å².